The molecule has 262 valence electrons. The van der Waals surface area contributed by atoms with Crippen LogP contribution in [0.3, 0.4) is 0 Å². The molecule has 0 aliphatic rings. The molecule has 0 aromatic rings. The maximum Gasteiger partial charge on any atom is 0.266 e. The highest BCUT2D eigenvalue weighted by Crippen LogP contribution is 2.16. The Morgan fingerprint density at radius 2 is 0.773 bits per heavy atom. The second-order valence-corrected chi connectivity index (χ2v) is 15.0. The van der Waals surface area contributed by atoms with E-state index in [1.54, 1.807) is 0 Å². The van der Waals surface area contributed by atoms with Gasteiger partial charge in [0.25, 0.3) is 10.1 Å². The summed E-state index contributed by atoms with van der Waals surface area (Å²) in [6, 6.07) is 0.366. The van der Waals surface area contributed by atoms with E-state index in [1.165, 1.54) is 180 Å². The van der Waals surface area contributed by atoms with E-state index in [9.17, 15) is 8.42 Å². The Morgan fingerprint density at radius 3 is 1.09 bits per heavy atom. The van der Waals surface area contributed by atoms with Gasteiger partial charge in [-0.1, -0.05) is 167 Å². The van der Waals surface area contributed by atoms with E-state index in [0.717, 1.165) is 12.8 Å². The molecule has 0 unspecified atom stereocenters. The smallest absolute Gasteiger partial charge is 0.266 e. The number of unbranched alkanes of at least 4 members (excludes halogenated alkanes) is 24. The van der Waals surface area contributed by atoms with Gasteiger partial charge in [0.05, 0.1) is 5.75 Å². The lowest BCUT2D eigenvalue weighted by atomic mass is 9.99. The average molecular weight is 640 g/mol. The first-order chi connectivity index (χ1) is 21.5. The second kappa shape index (κ2) is 35.2. The molecule has 4 nitrogen and oxygen atoms in total. The molecule has 0 aliphatic carbocycles. The molecule has 0 rings (SSSR count). The SMILES string of the molecule is CCCCCCCC/C=C\CCCCCCCCC(CCCCCCCC/C=C\CCCCCCCC)NCCS(=O)(=O)O. The molecule has 2 N–H and O–H groups in total. The third kappa shape index (κ3) is 37.5. The minimum atomic E-state index is -3.90. The Morgan fingerprint density at radius 1 is 0.477 bits per heavy atom. The van der Waals surface area contributed by atoms with Gasteiger partial charge in [-0.15, -0.1) is 0 Å². The first-order valence-corrected chi connectivity index (χ1v) is 21.1. The van der Waals surface area contributed by atoms with Crippen LogP contribution in [0.1, 0.15) is 206 Å². The van der Waals surface area contributed by atoms with Gasteiger partial charge in [0.2, 0.25) is 0 Å². The average Bonchev–Trinajstić information content (AvgIpc) is 2.99. The lowest BCUT2D eigenvalue weighted by molar-refractivity contribution is 0.415. The molecular weight excluding hydrogens is 563 g/mol. The molecule has 44 heavy (non-hydrogen) atoms. The fourth-order valence-corrected chi connectivity index (χ4v) is 6.39. The van der Waals surface area contributed by atoms with Gasteiger partial charge in [0.15, 0.2) is 0 Å². The first kappa shape index (κ1) is 43.4. The van der Waals surface area contributed by atoms with Gasteiger partial charge < -0.3 is 5.32 Å². The summed E-state index contributed by atoms with van der Waals surface area (Å²) in [5, 5.41) is 3.43. The summed E-state index contributed by atoms with van der Waals surface area (Å²) in [6.07, 6.45) is 48.7. The molecule has 0 fully saturated rings. The molecule has 0 atom stereocenters. The van der Waals surface area contributed by atoms with E-state index in [-0.39, 0.29) is 5.75 Å². The normalized spacial score (nSPS) is 12.5. The molecule has 0 radical (unpaired) electrons. The monoisotopic (exact) mass is 640 g/mol. The van der Waals surface area contributed by atoms with Crippen molar-refractivity contribution in [2.24, 2.45) is 0 Å². The van der Waals surface area contributed by atoms with Gasteiger partial charge in [-0.05, 0) is 64.2 Å². The van der Waals surface area contributed by atoms with Crippen LogP contribution in [0.25, 0.3) is 0 Å². The van der Waals surface area contributed by atoms with Crippen molar-refractivity contribution < 1.29 is 13.0 Å². The van der Waals surface area contributed by atoms with Crippen LogP contribution in [0.4, 0.5) is 0 Å². The molecule has 0 saturated carbocycles. The van der Waals surface area contributed by atoms with Crippen LogP contribution in [0.2, 0.25) is 0 Å². The van der Waals surface area contributed by atoms with Crippen molar-refractivity contribution >= 4 is 10.1 Å². The van der Waals surface area contributed by atoms with Crippen molar-refractivity contribution in [3.05, 3.63) is 24.3 Å². The molecule has 0 heterocycles. The molecule has 0 aromatic heterocycles. The zero-order chi connectivity index (χ0) is 32.2. The number of hydrogen-bond acceptors (Lipinski definition) is 3. The molecule has 5 heteroatoms. The number of allylic oxidation sites excluding steroid dienone is 4. The molecule has 0 saturated heterocycles. The van der Waals surface area contributed by atoms with E-state index in [0.29, 0.717) is 12.6 Å². The predicted molar refractivity (Wildman–Crippen MR) is 196 cm³/mol. The van der Waals surface area contributed by atoms with Crippen molar-refractivity contribution in [3.8, 4) is 0 Å². The van der Waals surface area contributed by atoms with Gasteiger partial charge in [-0.3, -0.25) is 4.55 Å². The lowest BCUT2D eigenvalue weighted by Gasteiger charge is -2.18. The van der Waals surface area contributed by atoms with Crippen molar-refractivity contribution in [1.29, 1.82) is 0 Å². The van der Waals surface area contributed by atoms with Crippen LogP contribution in [0.15, 0.2) is 24.3 Å². The third-order valence-electron chi connectivity index (χ3n) is 8.92. The van der Waals surface area contributed by atoms with Crippen molar-refractivity contribution in [3.63, 3.8) is 0 Å². The third-order valence-corrected chi connectivity index (χ3v) is 9.64. The van der Waals surface area contributed by atoms with Gasteiger partial charge in [0.1, 0.15) is 0 Å². The molecule has 0 aromatic carbocycles. The summed E-state index contributed by atoms with van der Waals surface area (Å²) < 4.78 is 31.4. The Kier molecular flexibility index (Phi) is 34.7. The minimum Gasteiger partial charge on any atom is -0.313 e. The maximum absolute atomic E-state index is 11.2. The van der Waals surface area contributed by atoms with E-state index in [2.05, 4.69) is 43.5 Å². The molecule has 0 amide bonds. The van der Waals surface area contributed by atoms with Crippen molar-refractivity contribution in [2.45, 2.75) is 213 Å². The van der Waals surface area contributed by atoms with Gasteiger partial charge in [-0.2, -0.15) is 8.42 Å². The Hall–Kier alpha value is -0.650. The summed E-state index contributed by atoms with van der Waals surface area (Å²) in [6.45, 7) is 4.90. The number of hydrogen-bond donors (Lipinski definition) is 2. The number of nitrogens with one attached hydrogen (secondary N) is 1. The quantitative estimate of drug-likeness (QED) is 0.0406. The van der Waals surface area contributed by atoms with Crippen molar-refractivity contribution in [2.75, 3.05) is 12.3 Å². The second-order valence-electron chi connectivity index (χ2n) is 13.4. The van der Waals surface area contributed by atoms with Crippen LogP contribution in [-0.2, 0) is 10.1 Å². The van der Waals surface area contributed by atoms with Crippen LogP contribution < -0.4 is 5.32 Å². The highest BCUT2D eigenvalue weighted by Gasteiger charge is 2.10. The highest BCUT2D eigenvalue weighted by atomic mass is 32.2. The van der Waals surface area contributed by atoms with E-state index in [4.69, 9.17) is 4.55 Å². The Bertz CT molecular complexity index is 677. The summed E-state index contributed by atoms with van der Waals surface area (Å²) in [4.78, 5) is 0. The molecular formula is C39H77NO3S. The molecule has 0 spiro atoms. The first-order valence-electron chi connectivity index (χ1n) is 19.5. The highest BCUT2D eigenvalue weighted by molar-refractivity contribution is 7.85. The van der Waals surface area contributed by atoms with Gasteiger partial charge in [-0.25, -0.2) is 0 Å². The Labute approximate surface area is 276 Å². The largest absolute Gasteiger partial charge is 0.313 e. The van der Waals surface area contributed by atoms with Crippen LogP contribution >= 0.6 is 0 Å². The molecule has 0 aliphatic heterocycles. The van der Waals surface area contributed by atoms with Crippen molar-refractivity contribution in [1.82, 2.24) is 5.32 Å². The molecule has 0 bridgehead atoms. The van der Waals surface area contributed by atoms with Crippen LogP contribution in [-0.4, -0.2) is 31.3 Å². The van der Waals surface area contributed by atoms with Gasteiger partial charge >= 0.3 is 0 Å². The zero-order valence-electron chi connectivity index (χ0n) is 29.7. The summed E-state index contributed by atoms with van der Waals surface area (Å²) >= 11 is 0. The summed E-state index contributed by atoms with van der Waals surface area (Å²) in [5.41, 5.74) is 0. The zero-order valence-corrected chi connectivity index (χ0v) is 30.5. The standard InChI is InChI=1S/C39H77NO3S/c1-3-5-7-9-11-13-15-17-19-21-23-25-27-29-31-33-35-39(40-37-38-44(41,42)43)36-34-32-30-28-26-24-22-20-18-16-14-12-10-8-6-4-2/h17-20,39-40H,3-16,21-38H2,1-2H3,(H,41,42,43)/b19-17-,20-18-. The van der Waals surface area contributed by atoms with E-state index < -0.39 is 10.1 Å². The topological polar surface area (TPSA) is 66.4 Å². The Balaban J connectivity index is 3.81. The fraction of sp³-hybridized carbons (Fsp3) is 0.897. The van der Waals surface area contributed by atoms with Crippen LogP contribution in [0, 0.1) is 0 Å². The summed E-state index contributed by atoms with van der Waals surface area (Å²) in [5.74, 6) is -0.190. The van der Waals surface area contributed by atoms with Crippen LogP contribution in [0.5, 0.6) is 0 Å². The maximum atomic E-state index is 11.2. The van der Waals surface area contributed by atoms with E-state index >= 15 is 0 Å². The number of rotatable bonds is 36. The fourth-order valence-electron chi connectivity index (χ4n) is 6.02. The predicted octanol–water partition coefficient (Wildman–Crippen LogP) is 12.7. The minimum absolute atomic E-state index is 0.190. The lowest BCUT2D eigenvalue weighted by Crippen LogP contribution is -2.33. The van der Waals surface area contributed by atoms with Gasteiger partial charge in [0, 0.05) is 12.6 Å². The summed E-state index contributed by atoms with van der Waals surface area (Å²) in [7, 11) is -3.90. The van der Waals surface area contributed by atoms with E-state index in [1.807, 2.05) is 0 Å².